The van der Waals surface area contributed by atoms with Crippen LogP contribution in [0.4, 0.5) is 0 Å². The van der Waals surface area contributed by atoms with Gasteiger partial charge in [-0.25, -0.2) is 13.4 Å². The van der Waals surface area contributed by atoms with Gasteiger partial charge in [-0.2, -0.15) is 0 Å². The Bertz CT molecular complexity index is 1180. The van der Waals surface area contributed by atoms with Crippen molar-refractivity contribution in [3.63, 3.8) is 0 Å². The lowest BCUT2D eigenvalue weighted by Gasteiger charge is -2.23. The molecule has 1 aromatic heterocycles. The van der Waals surface area contributed by atoms with Crippen LogP contribution in [0.3, 0.4) is 0 Å². The predicted octanol–water partition coefficient (Wildman–Crippen LogP) is 4.59. The molecule has 0 radical (unpaired) electrons. The lowest BCUT2D eigenvalue weighted by molar-refractivity contribution is 0.356. The second-order valence-electron chi connectivity index (χ2n) is 6.19. The van der Waals surface area contributed by atoms with Crippen molar-refractivity contribution in [3.05, 3.63) is 46.5 Å². The zero-order valence-corrected chi connectivity index (χ0v) is 17.3. The van der Waals surface area contributed by atoms with Crippen molar-refractivity contribution in [1.82, 2.24) is 4.98 Å². The van der Waals surface area contributed by atoms with Gasteiger partial charge in [-0.3, -0.25) is 0 Å². The molecule has 142 valence electrons. The van der Waals surface area contributed by atoms with E-state index in [2.05, 4.69) is 0 Å². The first-order valence-electron chi connectivity index (χ1n) is 7.93. The van der Waals surface area contributed by atoms with Gasteiger partial charge in [0.2, 0.25) is 0 Å². The number of methoxy groups -OCH3 is 2. The van der Waals surface area contributed by atoms with Crippen LogP contribution in [0, 0.1) is 6.92 Å². The maximum absolute atomic E-state index is 12.7. The number of hydrogen-bond acceptors (Lipinski definition) is 5. The Kier molecular flexibility index (Phi) is 5.01. The van der Waals surface area contributed by atoms with Crippen molar-refractivity contribution in [3.8, 4) is 22.8 Å². The summed E-state index contributed by atoms with van der Waals surface area (Å²) in [5.74, 6) is 1.06. The van der Waals surface area contributed by atoms with Gasteiger partial charge >= 0.3 is 0 Å². The second-order valence-corrected chi connectivity index (χ2v) is 8.58. The zero-order valence-electron chi connectivity index (χ0n) is 14.9. The molecule has 0 saturated carbocycles. The van der Waals surface area contributed by atoms with Crippen LogP contribution in [0.2, 0.25) is 5.02 Å². The van der Waals surface area contributed by atoms with Crippen LogP contribution in [0.5, 0.6) is 11.5 Å². The minimum atomic E-state index is -3.45. The number of ether oxygens (including phenoxy) is 2. The van der Waals surface area contributed by atoms with E-state index in [0.29, 0.717) is 38.9 Å². The number of hydrogen-bond donors (Lipinski definition) is 0. The number of sulfone groups is 1. The molecule has 2 heterocycles. The van der Waals surface area contributed by atoms with E-state index in [1.807, 2.05) is 13.0 Å². The molecular weight excluding hydrogens is 409 g/mol. The van der Waals surface area contributed by atoms with Crippen molar-refractivity contribution >= 4 is 44.7 Å². The normalized spacial score (nSPS) is 14.1. The van der Waals surface area contributed by atoms with E-state index in [9.17, 15) is 8.42 Å². The molecule has 1 aliphatic rings. The molecule has 0 unspecified atom stereocenters. The lowest BCUT2D eigenvalue weighted by atomic mass is 9.98. The van der Waals surface area contributed by atoms with Crippen LogP contribution in [-0.2, 0) is 15.6 Å². The van der Waals surface area contributed by atoms with Gasteiger partial charge in [0, 0.05) is 22.0 Å². The molecule has 4 rings (SSSR count). The number of aromatic nitrogens is 1. The van der Waals surface area contributed by atoms with Crippen molar-refractivity contribution in [1.29, 1.82) is 0 Å². The maximum Gasteiger partial charge on any atom is 0.183 e. The number of rotatable bonds is 2. The lowest BCUT2D eigenvalue weighted by Crippen LogP contribution is -2.15. The summed E-state index contributed by atoms with van der Waals surface area (Å²) in [6, 6.07) is 8.42. The fourth-order valence-corrected chi connectivity index (χ4v) is 5.24. The van der Waals surface area contributed by atoms with Gasteiger partial charge in [0.1, 0.15) is 0 Å². The molecular formula is C19H17Cl2NO4S. The molecule has 0 spiro atoms. The minimum absolute atomic E-state index is 0. The molecule has 5 nitrogen and oxygen atoms in total. The standard InChI is InChI=1S/C19H16ClNO4S.ClH/c1-10-12-7-16(24-2)17(25-3)8-15(12)21-19-13-6-11(20)4-5-18(13)26(22,23)9-14(10)19;/h4-8H,9H2,1-3H3;1H. The van der Waals surface area contributed by atoms with E-state index in [4.69, 9.17) is 26.1 Å². The Morgan fingerprint density at radius 3 is 2.41 bits per heavy atom. The molecule has 0 N–H and O–H groups in total. The molecule has 2 aromatic carbocycles. The van der Waals surface area contributed by atoms with Gasteiger partial charge in [-0.1, -0.05) is 11.6 Å². The van der Waals surface area contributed by atoms with Gasteiger partial charge in [0.05, 0.1) is 36.1 Å². The SMILES string of the molecule is COc1cc2nc3c(c(C)c2cc1OC)CS(=O)(=O)c1ccc(Cl)cc1-3.Cl. The first-order chi connectivity index (χ1) is 12.4. The fourth-order valence-electron chi connectivity index (χ4n) is 3.41. The summed E-state index contributed by atoms with van der Waals surface area (Å²) < 4.78 is 36.2. The van der Waals surface area contributed by atoms with Crippen LogP contribution in [0.1, 0.15) is 11.1 Å². The third-order valence-electron chi connectivity index (χ3n) is 4.74. The molecule has 0 amide bonds. The fraction of sp³-hybridized carbons (Fsp3) is 0.211. The highest BCUT2D eigenvalue weighted by atomic mass is 35.5. The third kappa shape index (κ3) is 3.02. The third-order valence-corrected chi connectivity index (χ3v) is 6.67. The average Bonchev–Trinajstić information content (AvgIpc) is 2.61. The van der Waals surface area contributed by atoms with Gasteiger partial charge in [-0.15, -0.1) is 12.4 Å². The van der Waals surface area contributed by atoms with Gasteiger partial charge in [0.25, 0.3) is 0 Å². The molecule has 0 saturated heterocycles. The van der Waals surface area contributed by atoms with E-state index in [1.54, 1.807) is 38.5 Å². The summed E-state index contributed by atoms with van der Waals surface area (Å²) in [5, 5.41) is 1.31. The van der Waals surface area contributed by atoms with E-state index in [-0.39, 0.29) is 23.1 Å². The van der Waals surface area contributed by atoms with Crippen LogP contribution in [0.25, 0.3) is 22.2 Å². The Morgan fingerprint density at radius 2 is 1.74 bits per heavy atom. The molecule has 27 heavy (non-hydrogen) atoms. The Morgan fingerprint density at radius 1 is 1.07 bits per heavy atom. The van der Waals surface area contributed by atoms with E-state index < -0.39 is 9.84 Å². The summed E-state index contributed by atoms with van der Waals surface area (Å²) in [6.07, 6.45) is 0. The van der Waals surface area contributed by atoms with E-state index in [1.165, 1.54) is 0 Å². The van der Waals surface area contributed by atoms with Gasteiger partial charge in [-0.05, 0) is 42.3 Å². The number of halogens is 2. The quantitative estimate of drug-likeness (QED) is 0.600. The molecule has 0 fully saturated rings. The summed E-state index contributed by atoms with van der Waals surface area (Å²) in [5.41, 5.74) is 3.46. The largest absolute Gasteiger partial charge is 0.493 e. The van der Waals surface area contributed by atoms with Crippen molar-refractivity contribution < 1.29 is 17.9 Å². The monoisotopic (exact) mass is 425 g/mol. The molecule has 1 aliphatic heterocycles. The summed E-state index contributed by atoms with van der Waals surface area (Å²) in [4.78, 5) is 5.01. The molecule has 0 bridgehead atoms. The smallest absolute Gasteiger partial charge is 0.183 e. The predicted molar refractivity (Wildman–Crippen MR) is 108 cm³/mol. The molecule has 0 aliphatic carbocycles. The van der Waals surface area contributed by atoms with Crippen LogP contribution >= 0.6 is 24.0 Å². The summed E-state index contributed by atoms with van der Waals surface area (Å²) in [7, 11) is -0.317. The summed E-state index contributed by atoms with van der Waals surface area (Å²) >= 11 is 6.12. The molecule has 8 heteroatoms. The van der Waals surface area contributed by atoms with Crippen molar-refractivity contribution in [2.45, 2.75) is 17.6 Å². The first kappa shape index (κ1) is 19.7. The minimum Gasteiger partial charge on any atom is -0.493 e. The Hall–Kier alpha value is -2.02. The number of aryl methyl sites for hydroxylation is 1. The van der Waals surface area contributed by atoms with E-state index >= 15 is 0 Å². The van der Waals surface area contributed by atoms with Gasteiger partial charge in [0.15, 0.2) is 21.3 Å². The number of nitrogens with zero attached hydrogens (tertiary/aromatic N) is 1. The highest BCUT2D eigenvalue weighted by molar-refractivity contribution is 7.90. The van der Waals surface area contributed by atoms with Crippen LogP contribution in [-0.4, -0.2) is 27.6 Å². The average molecular weight is 426 g/mol. The first-order valence-corrected chi connectivity index (χ1v) is 9.96. The Balaban J connectivity index is 0.00000210. The van der Waals surface area contributed by atoms with E-state index in [0.717, 1.165) is 10.9 Å². The number of fused-ring (bicyclic) bond motifs is 4. The highest BCUT2D eigenvalue weighted by Crippen LogP contribution is 2.42. The summed E-state index contributed by atoms with van der Waals surface area (Å²) in [6.45, 7) is 1.90. The topological polar surface area (TPSA) is 65.5 Å². The van der Waals surface area contributed by atoms with Gasteiger partial charge < -0.3 is 9.47 Å². The zero-order chi connectivity index (χ0) is 18.6. The second kappa shape index (κ2) is 6.86. The number of pyridine rings is 1. The molecule has 0 atom stereocenters. The van der Waals surface area contributed by atoms with Crippen LogP contribution < -0.4 is 9.47 Å². The van der Waals surface area contributed by atoms with Crippen molar-refractivity contribution in [2.24, 2.45) is 0 Å². The number of benzene rings is 2. The van der Waals surface area contributed by atoms with Crippen molar-refractivity contribution in [2.75, 3.05) is 14.2 Å². The molecule has 3 aromatic rings. The maximum atomic E-state index is 12.7. The Labute approximate surface area is 168 Å². The highest BCUT2D eigenvalue weighted by Gasteiger charge is 2.31. The van der Waals surface area contributed by atoms with Crippen LogP contribution in [0.15, 0.2) is 35.2 Å².